The van der Waals surface area contributed by atoms with Gasteiger partial charge in [-0.25, -0.2) is 9.98 Å². The maximum absolute atomic E-state index is 11.3. The number of amides is 1. The van der Waals surface area contributed by atoms with Crippen LogP contribution in [0.15, 0.2) is 29.3 Å². The minimum atomic E-state index is -0.704. The average molecular weight is 235 g/mol. The first-order valence-electron chi connectivity index (χ1n) is 4.43. The van der Waals surface area contributed by atoms with Crippen molar-refractivity contribution in [2.24, 2.45) is 4.99 Å². The Kier molecular flexibility index (Phi) is 2.58. The van der Waals surface area contributed by atoms with Crippen molar-refractivity contribution < 1.29 is 9.90 Å². The van der Waals surface area contributed by atoms with Gasteiger partial charge in [0.25, 0.3) is 5.91 Å². The van der Waals surface area contributed by atoms with Crippen molar-refractivity contribution >= 4 is 35.0 Å². The number of aromatic nitrogens is 1. The van der Waals surface area contributed by atoms with Crippen LogP contribution >= 0.6 is 11.6 Å². The molecule has 0 aliphatic carbocycles. The molecule has 0 aliphatic heterocycles. The maximum Gasteiger partial charge on any atom is 0.298 e. The Bertz CT molecular complexity index is 596. The summed E-state index contributed by atoms with van der Waals surface area (Å²) in [5.41, 5.74) is -0.182. The van der Waals surface area contributed by atoms with Crippen molar-refractivity contribution in [2.45, 2.75) is 0 Å². The lowest BCUT2D eigenvalue weighted by Gasteiger charge is -2.05. The zero-order valence-corrected chi connectivity index (χ0v) is 8.90. The number of pyridine rings is 1. The third-order valence-electron chi connectivity index (χ3n) is 2.18. The molecular formula is C11H7ClN2O2. The number of hydrogen-bond donors (Lipinski definition) is 1. The van der Waals surface area contributed by atoms with Gasteiger partial charge < -0.3 is 5.11 Å². The lowest BCUT2D eigenvalue weighted by atomic mass is 10.1. The van der Waals surface area contributed by atoms with Gasteiger partial charge >= 0.3 is 0 Å². The zero-order chi connectivity index (χ0) is 11.7. The molecule has 0 spiro atoms. The molecule has 2 aromatic rings. The van der Waals surface area contributed by atoms with E-state index in [1.165, 1.54) is 0 Å². The highest BCUT2D eigenvalue weighted by Gasteiger charge is 2.16. The quantitative estimate of drug-likeness (QED) is 0.609. The molecule has 0 atom stereocenters. The van der Waals surface area contributed by atoms with Crippen molar-refractivity contribution in [3.63, 3.8) is 0 Å². The van der Waals surface area contributed by atoms with Crippen molar-refractivity contribution in [1.82, 2.24) is 4.98 Å². The summed E-state index contributed by atoms with van der Waals surface area (Å²) in [6, 6.07) is 6.86. The van der Waals surface area contributed by atoms with Gasteiger partial charge in [0.15, 0.2) is 11.4 Å². The van der Waals surface area contributed by atoms with E-state index in [0.717, 1.165) is 0 Å². The molecule has 1 amide bonds. The van der Waals surface area contributed by atoms with Crippen LogP contribution in [0.3, 0.4) is 0 Å². The second-order valence-corrected chi connectivity index (χ2v) is 3.47. The Morgan fingerprint density at radius 3 is 2.62 bits per heavy atom. The number of nitrogens with zero attached hydrogens (tertiary/aromatic N) is 2. The lowest BCUT2D eigenvalue weighted by molar-refractivity contribution is 0.0996. The Morgan fingerprint density at radius 1 is 1.38 bits per heavy atom. The molecule has 0 saturated carbocycles. The van der Waals surface area contributed by atoms with Crippen LogP contribution in [-0.2, 0) is 0 Å². The molecule has 80 valence electrons. The van der Waals surface area contributed by atoms with Crippen LogP contribution in [0.4, 0.5) is 0 Å². The van der Waals surface area contributed by atoms with Gasteiger partial charge in [-0.1, -0.05) is 35.9 Å². The number of benzene rings is 1. The SMILES string of the molecule is C=NC(=O)c1nc(Cl)c2ccccc2c1O. The van der Waals surface area contributed by atoms with E-state index in [9.17, 15) is 9.90 Å². The molecule has 0 bridgehead atoms. The van der Waals surface area contributed by atoms with Crippen LogP contribution in [0.2, 0.25) is 5.15 Å². The number of rotatable bonds is 1. The number of aliphatic imine (C=N–C) groups is 1. The van der Waals surface area contributed by atoms with Gasteiger partial charge in [-0.15, -0.1) is 0 Å². The first-order valence-corrected chi connectivity index (χ1v) is 4.81. The van der Waals surface area contributed by atoms with Crippen LogP contribution < -0.4 is 0 Å². The van der Waals surface area contributed by atoms with Crippen LogP contribution in [0, 0.1) is 0 Å². The van der Waals surface area contributed by atoms with Crippen molar-refractivity contribution in [3.8, 4) is 5.75 Å². The standard InChI is InChI=1S/C11H7ClN2O2/c1-13-11(16)8-9(15)6-4-2-3-5-7(6)10(12)14-8/h2-5,15H,1H2. The van der Waals surface area contributed by atoms with Crippen LogP contribution in [-0.4, -0.2) is 22.7 Å². The molecular weight excluding hydrogens is 228 g/mol. The third-order valence-corrected chi connectivity index (χ3v) is 2.47. The largest absolute Gasteiger partial charge is 0.505 e. The molecule has 1 aromatic heterocycles. The minimum Gasteiger partial charge on any atom is -0.505 e. The Balaban J connectivity index is 2.85. The number of carbonyl (C=O) groups is 1. The Hall–Kier alpha value is -1.94. The Morgan fingerprint density at radius 2 is 2.00 bits per heavy atom. The van der Waals surface area contributed by atoms with E-state index in [1.807, 2.05) is 0 Å². The van der Waals surface area contributed by atoms with Gasteiger partial charge in [-0.05, 0) is 6.72 Å². The monoisotopic (exact) mass is 234 g/mol. The number of carbonyl (C=O) groups excluding carboxylic acids is 1. The van der Waals surface area contributed by atoms with Crippen molar-refractivity contribution in [3.05, 3.63) is 35.1 Å². The van der Waals surface area contributed by atoms with Gasteiger partial charge in [0.1, 0.15) is 5.15 Å². The summed E-state index contributed by atoms with van der Waals surface area (Å²) in [5, 5.41) is 11.1. The normalized spacial score (nSPS) is 10.3. The van der Waals surface area contributed by atoms with E-state index < -0.39 is 5.91 Å². The van der Waals surface area contributed by atoms with Crippen LogP contribution in [0.1, 0.15) is 10.5 Å². The van der Waals surface area contributed by atoms with E-state index in [2.05, 4.69) is 16.7 Å². The van der Waals surface area contributed by atoms with E-state index >= 15 is 0 Å². The number of hydrogen-bond acceptors (Lipinski definition) is 3. The van der Waals surface area contributed by atoms with E-state index in [4.69, 9.17) is 11.6 Å². The summed E-state index contributed by atoms with van der Waals surface area (Å²) < 4.78 is 0. The average Bonchev–Trinajstić information content (AvgIpc) is 2.33. The summed E-state index contributed by atoms with van der Waals surface area (Å²) in [5.74, 6) is -0.928. The molecule has 1 aromatic carbocycles. The van der Waals surface area contributed by atoms with Crippen LogP contribution in [0.25, 0.3) is 10.8 Å². The second kappa shape index (κ2) is 3.90. The highest BCUT2D eigenvalue weighted by molar-refractivity contribution is 6.34. The summed E-state index contributed by atoms with van der Waals surface area (Å²) in [6.45, 7) is 3.09. The zero-order valence-electron chi connectivity index (χ0n) is 8.14. The molecule has 0 aliphatic rings. The number of fused-ring (bicyclic) bond motifs is 1. The molecule has 0 unspecified atom stereocenters. The van der Waals surface area contributed by atoms with Crippen LogP contribution in [0.5, 0.6) is 5.75 Å². The molecule has 1 heterocycles. The molecule has 0 radical (unpaired) electrons. The number of halogens is 1. The highest BCUT2D eigenvalue weighted by Crippen LogP contribution is 2.31. The molecule has 4 nitrogen and oxygen atoms in total. The third kappa shape index (κ3) is 1.53. The van der Waals surface area contributed by atoms with Gasteiger partial charge in [0, 0.05) is 10.8 Å². The van der Waals surface area contributed by atoms with Gasteiger partial charge in [-0.3, -0.25) is 4.79 Å². The number of aromatic hydroxyl groups is 1. The van der Waals surface area contributed by atoms with Gasteiger partial charge in [-0.2, -0.15) is 0 Å². The predicted molar refractivity (Wildman–Crippen MR) is 62.3 cm³/mol. The first kappa shape index (κ1) is 10.6. The van der Waals surface area contributed by atoms with Crippen molar-refractivity contribution in [1.29, 1.82) is 0 Å². The highest BCUT2D eigenvalue weighted by atomic mass is 35.5. The second-order valence-electron chi connectivity index (χ2n) is 3.11. The first-order chi connectivity index (χ1) is 7.65. The Labute approximate surface area is 96.2 Å². The fraction of sp³-hybridized carbons (Fsp3) is 0. The summed E-state index contributed by atoms with van der Waals surface area (Å²) >= 11 is 5.90. The van der Waals surface area contributed by atoms with Crippen molar-refractivity contribution in [2.75, 3.05) is 0 Å². The molecule has 0 fully saturated rings. The van der Waals surface area contributed by atoms with Gasteiger partial charge in [0.2, 0.25) is 0 Å². The lowest BCUT2D eigenvalue weighted by Crippen LogP contribution is -2.00. The summed E-state index contributed by atoms with van der Waals surface area (Å²) in [6.07, 6.45) is 0. The van der Waals surface area contributed by atoms with E-state index in [-0.39, 0.29) is 16.6 Å². The minimum absolute atomic E-state index is 0.153. The summed E-state index contributed by atoms with van der Waals surface area (Å²) in [4.78, 5) is 18.3. The summed E-state index contributed by atoms with van der Waals surface area (Å²) in [7, 11) is 0. The maximum atomic E-state index is 11.3. The molecule has 0 saturated heterocycles. The van der Waals surface area contributed by atoms with Gasteiger partial charge in [0.05, 0.1) is 0 Å². The van der Waals surface area contributed by atoms with E-state index in [1.54, 1.807) is 24.3 Å². The smallest absolute Gasteiger partial charge is 0.298 e. The predicted octanol–water partition coefficient (Wildman–Crippen LogP) is 2.43. The molecule has 5 heteroatoms. The molecule has 16 heavy (non-hydrogen) atoms. The fourth-order valence-corrected chi connectivity index (χ4v) is 1.68. The van der Waals surface area contributed by atoms with E-state index in [0.29, 0.717) is 10.8 Å². The molecule has 2 rings (SSSR count). The fourth-order valence-electron chi connectivity index (χ4n) is 1.43. The topological polar surface area (TPSA) is 62.5 Å². The molecule has 1 N–H and O–H groups in total.